The standard InChI is InChI=1S/C21H27ClO9/c1-11-7-14(30-18(25)20(4,26)10-22)16-13(9-28-12(2)23)17(24)29-15(16)8-19(3)5-6-21(11,27)31-19/h8,11,14,26-27H,5-7,9-10H2,1-4H3/t11-,14+,19-,20-,21+/m1/s1. The van der Waals surface area contributed by atoms with Gasteiger partial charge in [0.1, 0.15) is 18.5 Å². The minimum Gasteiger partial charge on any atom is -0.461 e. The van der Waals surface area contributed by atoms with E-state index in [-0.39, 0.29) is 29.9 Å². The van der Waals surface area contributed by atoms with Crippen molar-refractivity contribution in [3.05, 3.63) is 23.0 Å². The predicted octanol–water partition coefficient (Wildman–Crippen LogP) is 1.49. The molecule has 3 heterocycles. The Morgan fingerprint density at radius 3 is 2.68 bits per heavy atom. The van der Waals surface area contributed by atoms with E-state index in [0.717, 1.165) is 0 Å². The molecule has 0 aromatic rings. The minimum absolute atomic E-state index is 0.0188. The lowest BCUT2D eigenvalue weighted by molar-refractivity contribution is -0.239. The normalized spacial score (nSPS) is 34.5. The van der Waals surface area contributed by atoms with Crippen LogP contribution in [0.5, 0.6) is 0 Å². The van der Waals surface area contributed by atoms with Gasteiger partial charge in [0.2, 0.25) is 0 Å². The van der Waals surface area contributed by atoms with Crippen LogP contribution in [0.25, 0.3) is 0 Å². The zero-order valence-electron chi connectivity index (χ0n) is 17.9. The lowest BCUT2D eigenvalue weighted by Crippen LogP contribution is -2.43. The van der Waals surface area contributed by atoms with Crippen LogP contribution >= 0.6 is 11.6 Å². The van der Waals surface area contributed by atoms with E-state index in [2.05, 4.69) is 0 Å². The van der Waals surface area contributed by atoms with Crippen molar-refractivity contribution in [2.45, 2.75) is 70.1 Å². The number of fused-ring (bicyclic) bond motifs is 3. The summed E-state index contributed by atoms with van der Waals surface area (Å²) in [5.74, 6) is -4.63. The maximum Gasteiger partial charge on any atom is 0.343 e. The molecule has 0 unspecified atom stereocenters. The number of hydrogen-bond acceptors (Lipinski definition) is 9. The second-order valence-corrected chi connectivity index (χ2v) is 9.04. The summed E-state index contributed by atoms with van der Waals surface area (Å²) in [5, 5.41) is 21.3. The van der Waals surface area contributed by atoms with Gasteiger partial charge in [0.15, 0.2) is 11.4 Å². The summed E-state index contributed by atoms with van der Waals surface area (Å²) in [6.45, 7) is 5.52. The molecule has 31 heavy (non-hydrogen) atoms. The van der Waals surface area contributed by atoms with Gasteiger partial charge in [0, 0.05) is 24.8 Å². The van der Waals surface area contributed by atoms with E-state index in [1.807, 2.05) is 0 Å². The molecule has 3 rings (SSSR count). The van der Waals surface area contributed by atoms with Crippen LogP contribution in [0.1, 0.15) is 47.0 Å². The maximum absolute atomic E-state index is 12.6. The first kappa shape index (κ1) is 23.7. The maximum atomic E-state index is 12.6. The number of alkyl halides is 1. The monoisotopic (exact) mass is 458 g/mol. The van der Waals surface area contributed by atoms with Crippen molar-refractivity contribution in [1.82, 2.24) is 0 Å². The molecule has 10 heteroatoms. The minimum atomic E-state index is -1.97. The fourth-order valence-electron chi connectivity index (χ4n) is 3.95. The highest BCUT2D eigenvalue weighted by Gasteiger charge is 2.52. The first-order valence-electron chi connectivity index (χ1n) is 10.0. The highest BCUT2D eigenvalue weighted by molar-refractivity contribution is 6.20. The van der Waals surface area contributed by atoms with Gasteiger partial charge in [-0.15, -0.1) is 11.6 Å². The number of ether oxygens (including phenoxy) is 4. The third kappa shape index (κ3) is 4.64. The van der Waals surface area contributed by atoms with Crippen molar-refractivity contribution in [2.24, 2.45) is 5.92 Å². The van der Waals surface area contributed by atoms with Crippen molar-refractivity contribution in [2.75, 3.05) is 12.5 Å². The molecule has 3 aliphatic rings. The molecule has 2 bridgehead atoms. The Morgan fingerprint density at radius 2 is 2.06 bits per heavy atom. The summed E-state index contributed by atoms with van der Waals surface area (Å²) in [7, 11) is 0. The van der Waals surface area contributed by atoms with Gasteiger partial charge in [-0.3, -0.25) is 4.79 Å². The SMILES string of the molecule is CC(=O)OCC1=C2C(=C[C@@]3(C)CC[C@](O)(O3)[C@H](C)C[C@@H]2OC(=O)[C@](C)(O)CCl)OC1=O. The fraction of sp³-hybridized carbons (Fsp3) is 0.667. The molecule has 1 fully saturated rings. The summed E-state index contributed by atoms with van der Waals surface area (Å²) >= 11 is 5.69. The van der Waals surface area contributed by atoms with Gasteiger partial charge in [-0.2, -0.15) is 0 Å². The number of rotatable bonds is 5. The molecule has 0 saturated carbocycles. The summed E-state index contributed by atoms with van der Waals surface area (Å²) in [5.41, 5.74) is -2.66. The third-order valence-electron chi connectivity index (χ3n) is 5.89. The quantitative estimate of drug-likeness (QED) is 0.357. The average Bonchev–Trinajstić information content (AvgIpc) is 3.15. The van der Waals surface area contributed by atoms with Crippen LogP contribution < -0.4 is 0 Å². The van der Waals surface area contributed by atoms with Gasteiger partial charge in [-0.25, -0.2) is 9.59 Å². The number of esters is 3. The van der Waals surface area contributed by atoms with Crippen LogP contribution in [0.3, 0.4) is 0 Å². The molecule has 9 nitrogen and oxygen atoms in total. The summed E-state index contributed by atoms with van der Waals surface area (Å²) in [4.78, 5) is 36.5. The Kier molecular flexibility index (Phi) is 6.27. The number of hydrogen-bond donors (Lipinski definition) is 2. The Labute approximate surface area is 184 Å². The van der Waals surface area contributed by atoms with E-state index in [0.29, 0.717) is 12.8 Å². The molecule has 0 aromatic carbocycles. The van der Waals surface area contributed by atoms with Gasteiger partial charge >= 0.3 is 17.9 Å². The zero-order chi connectivity index (χ0) is 23.2. The Balaban J connectivity index is 2.11. The van der Waals surface area contributed by atoms with E-state index in [1.165, 1.54) is 13.8 Å². The largest absolute Gasteiger partial charge is 0.461 e. The first-order chi connectivity index (χ1) is 14.3. The molecule has 0 aromatic heterocycles. The van der Waals surface area contributed by atoms with E-state index in [1.54, 1.807) is 19.9 Å². The second kappa shape index (κ2) is 8.20. The van der Waals surface area contributed by atoms with Crippen LogP contribution in [-0.4, -0.2) is 63.7 Å². The molecule has 1 saturated heterocycles. The van der Waals surface area contributed by atoms with Crippen LogP contribution in [0.15, 0.2) is 23.0 Å². The van der Waals surface area contributed by atoms with Crippen LogP contribution in [-0.2, 0) is 33.3 Å². The van der Waals surface area contributed by atoms with E-state index < -0.39 is 52.8 Å². The highest BCUT2D eigenvalue weighted by atomic mass is 35.5. The van der Waals surface area contributed by atoms with E-state index in [4.69, 9.17) is 30.5 Å². The second-order valence-electron chi connectivity index (χ2n) is 8.77. The summed E-state index contributed by atoms with van der Waals surface area (Å²) in [6, 6.07) is 0. The molecule has 172 valence electrons. The smallest absolute Gasteiger partial charge is 0.343 e. The van der Waals surface area contributed by atoms with Gasteiger partial charge in [0.05, 0.1) is 17.1 Å². The lowest BCUT2D eigenvalue weighted by atomic mass is 9.85. The van der Waals surface area contributed by atoms with Gasteiger partial charge in [-0.1, -0.05) is 6.92 Å². The first-order valence-corrected chi connectivity index (χ1v) is 10.6. The molecule has 0 radical (unpaired) electrons. The number of halogens is 1. The summed E-state index contributed by atoms with van der Waals surface area (Å²) in [6.07, 6.45) is 1.35. The van der Waals surface area contributed by atoms with Crippen LogP contribution in [0.2, 0.25) is 0 Å². The topological polar surface area (TPSA) is 129 Å². The molecule has 0 spiro atoms. The van der Waals surface area contributed by atoms with Crippen molar-refractivity contribution in [1.29, 1.82) is 0 Å². The van der Waals surface area contributed by atoms with Crippen molar-refractivity contribution >= 4 is 29.5 Å². The van der Waals surface area contributed by atoms with Crippen LogP contribution in [0, 0.1) is 5.92 Å². The molecule has 3 aliphatic heterocycles. The fourth-order valence-corrected chi connectivity index (χ4v) is 4.05. The molecule has 0 aliphatic carbocycles. The summed E-state index contributed by atoms with van der Waals surface area (Å²) < 4.78 is 22.0. The Morgan fingerprint density at radius 1 is 1.39 bits per heavy atom. The van der Waals surface area contributed by atoms with E-state index >= 15 is 0 Å². The van der Waals surface area contributed by atoms with Crippen LogP contribution in [0.4, 0.5) is 0 Å². The molecule has 2 N–H and O–H groups in total. The average molecular weight is 459 g/mol. The number of carbonyl (C=O) groups is 3. The van der Waals surface area contributed by atoms with Gasteiger partial charge < -0.3 is 29.2 Å². The number of aliphatic hydroxyl groups is 2. The van der Waals surface area contributed by atoms with Crippen molar-refractivity contribution in [3.8, 4) is 0 Å². The van der Waals surface area contributed by atoms with Gasteiger partial charge in [0.25, 0.3) is 0 Å². The molecule has 5 atom stereocenters. The molecular formula is C21H27ClO9. The third-order valence-corrected chi connectivity index (χ3v) is 6.41. The Bertz CT molecular complexity index is 861. The molecule has 0 amide bonds. The van der Waals surface area contributed by atoms with Gasteiger partial charge in [-0.05, 0) is 32.8 Å². The Hall–Kier alpha value is -1.94. The van der Waals surface area contributed by atoms with E-state index in [9.17, 15) is 24.6 Å². The molecular weight excluding hydrogens is 432 g/mol. The zero-order valence-corrected chi connectivity index (χ0v) is 18.7. The number of carbonyl (C=O) groups excluding carboxylic acids is 3. The lowest BCUT2D eigenvalue weighted by Gasteiger charge is -2.33. The van der Waals surface area contributed by atoms with Crippen molar-refractivity contribution in [3.63, 3.8) is 0 Å². The van der Waals surface area contributed by atoms with Crippen molar-refractivity contribution < 1.29 is 43.5 Å². The predicted molar refractivity (Wildman–Crippen MR) is 107 cm³/mol. The highest BCUT2D eigenvalue weighted by Crippen LogP contribution is 2.47.